The number of rotatable bonds is 4. The van der Waals surface area contributed by atoms with Gasteiger partial charge in [0.2, 0.25) is 0 Å². The number of esters is 1. The summed E-state index contributed by atoms with van der Waals surface area (Å²) < 4.78 is 9.55. The summed E-state index contributed by atoms with van der Waals surface area (Å²) in [7, 11) is 3.05. The number of ether oxygens (including phenoxy) is 2. The van der Waals surface area contributed by atoms with E-state index in [0.29, 0.717) is 13.0 Å². The Hall–Kier alpha value is -1.35. The second-order valence-electron chi connectivity index (χ2n) is 3.00. The van der Waals surface area contributed by atoms with Crippen molar-refractivity contribution in [3.63, 3.8) is 0 Å². The van der Waals surface area contributed by atoms with Crippen molar-refractivity contribution in [3.8, 4) is 0 Å². The van der Waals surface area contributed by atoms with E-state index in [9.17, 15) is 4.79 Å². The molecule has 1 rings (SSSR count). The first-order chi connectivity index (χ1) is 6.76. The molecule has 1 aromatic carbocycles. The maximum absolute atomic E-state index is 10.9. The van der Waals surface area contributed by atoms with Gasteiger partial charge in [0.1, 0.15) is 0 Å². The van der Waals surface area contributed by atoms with Crippen LogP contribution in [0.1, 0.15) is 11.1 Å². The largest absolute Gasteiger partial charge is 0.469 e. The van der Waals surface area contributed by atoms with Crippen molar-refractivity contribution >= 4 is 5.97 Å². The van der Waals surface area contributed by atoms with E-state index in [4.69, 9.17) is 4.74 Å². The third-order valence-electron chi connectivity index (χ3n) is 1.91. The molecule has 0 unspecified atom stereocenters. The minimum atomic E-state index is -0.218. The third kappa shape index (κ3) is 3.18. The van der Waals surface area contributed by atoms with Crippen LogP contribution in [0.15, 0.2) is 24.3 Å². The molecule has 0 saturated carbocycles. The van der Waals surface area contributed by atoms with Gasteiger partial charge in [0.25, 0.3) is 0 Å². The van der Waals surface area contributed by atoms with Crippen molar-refractivity contribution in [2.45, 2.75) is 13.0 Å². The molecule has 0 radical (unpaired) electrons. The highest BCUT2D eigenvalue weighted by Crippen LogP contribution is 2.06. The second kappa shape index (κ2) is 5.40. The third-order valence-corrected chi connectivity index (χ3v) is 1.91. The van der Waals surface area contributed by atoms with Gasteiger partial charge in [-0.1, -0.05) is 24.3 Å². The summed E-state index contributed by atoms with van der Waals surface area (Å²) in [6.45, 7) is 0.596. The summed E-state index contributed by atoms with van der Waals surface area (Å²) >= 11 is 0. The Morgan fingerprint density at radius 1 is 1.14 bits per heavy atom. The number of hydrogen-bond donors (Lipinski definition) is 0. The molecule has 1 aromatic rings. The highest BCUT2D eigenvalue weighted by molar-refractivity contribution is 5.72. The van der Waals surface area contributed by atoms with E-state index in [1.54, 1.807) is 7.11 Å². The van der Waals surface area contributed by atoms with Crippen LogP contribution < -0.4 is 0 Å². The van der Waals surface area contributed by atoms with E-state index in [2.05, 4.69) is 4.74 Å². The zero-order valence-electron chi connectivity index (χ0n) is 8.45. The van der Waals surface area contributed by atoms with Crippen molar-refractivity contribution in [1.29, 1.82) is 0 Å². The van der Waals surface area contributed by atoms with Crippen molar-refractivity contribution in [2.75, 3.05) is 14.2 Å². The van der Waals surface area contributed by atoms with E-state index >= 15 is 0 Å². The summed E-state index contributed by atoms with van der Waals surface area (Å²) in [5.74, 6) is -0.218. The topological polar surface area (TPSA) is 35.5 Å². The van der Waals surface area contributed by atoms with E-state index < -0.39 is 0 Å². The first-order valence-corrected chi connectivity index (χ1v) is 4.40. The van der Waals surface area contributed by atoms with Gasteiger partial charge < -0.3 is 9.47 Å². The molecule has 0 spiro atoms. The smallest absolute Gasteiger partial charge is 0.309 e. The molecular weight excluding hydrogens is 180 g/mol. The Morgan fingerprint density at radius 3 is 2.21 bits per heavy atom. The Bertz CT molecular complexity index is 290. The van der Waals surface area contributed by atoms with Crippen LogP contribution >= 0.6 is 0 Å². The van der Waals surface area contributed by atoms with Gasteiger partial charge in [-0.25, -0.2) is 0 Å². The molecule has 0 fully saturated rings. The molecule has 0 saturated heterocycles. The number of carbonyl (C=O) groups excluding carboxylic acids is 1. The fraction of sp³-hybridized carbons (Fsp3) is 0.364. The molecule has 0 aliphatic carbocycles. The molecule has 0 aliphatic heterocycles. The monoisotopic (exact) mass is 194 g/mol. The maximum Gasteiger partial charge on any atom is 0.309 e. The molecule has 0 aliphatic rings. The van der Waals surface area contributed by atoms with Gasteiger partial charge >= 0.3 is 5.97 Å². The van der Waals surface area contributed by atoms with E-state index in [1.807, 2.05) is 24.3 Å². The summed E-state index contributed by atoms with van der Waals surface area (Å²) in [5.41, 5.74) is 2.05. The van der Waals surface area contributed by atoms with Gasteiger partial charge in [0, 0.05) is 7.11 Å². The van der Waals surface area contributed by atoms with Crippen LogP contribution in [0.3, 0.4) is 0 Å². The first kappa shape index (κ1) is 10.7. The van der Waals surface area contributed by atoms with E-state index in [0.717, 1.165) is 11.1 Å². The number of carbonyl (C=O) groups is 1. The average Bonchev–Trinajstić information content (AvgIpc) is 2.21. The zero-order valence-corrected chi connectivity index (χ0v) is 8.45. The predicted octanol–water partition coefficient (Wildman–Crippen LogP) is 1.55. The molecule has 14 heavy (non-hydrogen) atoms. The molecule has 76 valence electrons. The first-order valence-electron chi connectivity index (χ1n) is 4.40. The molecule has 0 atom stereocenters. The summed E-state index contributed by atoms with van der Waals surface area (Å²) in [6, 6.07) is 7.71. The number of methoxy groups -OCH3 is 2. The number of benzene rings is 1. The lowest BCUT2D eigenvalue weighted by molar-refractivity contribution is -0.139. The quantitative estimate of drug-likeness (QED) is 0.682. The second-order valence-corrected chi connectivity index (χ2v) is 3.00. The highest BCUT2D eigenvalue weighted by Gasteiger charge is 2.01. The molecule has 0 aromatic heterocycles. The van der Waals surface area contributed by atoms with Crippen molar-refractivity contribution < 1.29 is 14.3 Å². The number of hydrogen-bond acceptors (Lipinski definition) is 3. The highest BCUT2D eigenvalue weighted by atomic mass is 16.5. The summed E-state index contributed by atoms with van der Waals surface area (Å²) in [5, 5.41) is 0. The summed E-state index contributed by atoms with van der Waals surface area (Å²) in [4.78, 5) is 10.9. The zero-order chi connectivity index (χ0) is 10.4. The van der Waals surface area contributed by atoms with Crippen LogP contribution in [0.25, 0.3) is 0 Å². The maximum atomic E-state index is 10.9. The molecule has 3 nitrogen and oxygen atoms in total. The lowest BCUT2D eigenvalue weighted by Gasteiger charge is -2.02. The molecule has 0 heterocycles. The summed E-state index contributed by atoms with van der Waals surface area (Å²) in [6.07, 6.45) is 0.323. The lowest BCUT2D eigenvalue weighted by atomic mass is 10.1. The van der Waals surface area contributed by atoms with Crippen LogP contribution in [0, 0.1) is 0 Å². The van der Waals surface area contributed by atoms with Gasteiger partial charge in [0.15, 0.2) is 0 Å². The van der Waals surface area contributed by atoms with Crippen LogP contribution in [0.5, 0.6) is 0 Å². The van der Waals surface area contributed by atoms with E-state index in [-0.39, 0.29) is 5.97 Å². The molecular formula is C11H14O3. The fourth-order valence-electron chi connectivity index (χ4n) is 1.16. The molecule has 0 bridgehead atoms. The Kier molecular flexibility index (Phi) is 4.13. The lowest BCUT2D eigenvalue weighted by Crippen LogP contribution is -2.04. The fourth-order valence-corrected chi connectivity index (χ4v) is 1.16. The minimum Gasteiger partial charge on any atom is -0.469 e. The minimum absolute atomic E-state index is 0.218. The Balaban J connectivity index is 2.59. The van der Waals surface area contributed by atoms with Gasteiger partial charge in [-0.15, -0.1) is 0 Å². The van der Waals surface area contributed by atoms with Crippen LogP contribution in [-0.2, 0) is 27.3 Å². The van der Waals surface area contributed by atoms with Gasteiger partial charge in [-0.2, -0.15) is 0 Å². The van der Waals surface area contributed by atoms with Crippen LogP contribution in [-0.4, -0.2) is 20.2 Å². The van der Waals surface area contributed by atoms with Gasteiger partial charge in [-0.05, 0) is 11.1 Å². The van der Waals surface area contributed by atoms with Crippen molar-refractivity contribution in [2.24, 2.45) is 0 Å². The van der Waals surface area contributed by atoms with Gasteiger partial charge in [0.05, 0.1) is 20.1 Å². The molecule has 0 N–H and O–H groups in total. The Morgan fingerprint density at radius 2 is 1.71 bits per heavy atom. The normalized spacial score (nSPS) is 9.86. The van der Waals surface area contributed by atoms with Crippen molar-refractivity contribution in [3.05, 3.63) is 35.4 Å². The van der Waals surface area contributed by atoms with E-state index in [1.165, 1.54) is 7.11 Å². The Labute approximate surface area is 83.6 Å². The standard InChI is InChI=1S/C11H14O3/c1-13-8-10-5-3-9(4-6-10)7-11(12)14-2/h3-6H,7-8H2,1-2H3. The average molecular weight is 194 g/mol. The molecule has 3 heteroatoms. The van der Waals surface area contributed by atoms with Gasteiger partial charge in [-0.3, -0.25) is 4.79 Å². The van der Waals surface area contributed by atoms with Crippen LogP contribution in [0.4, 0.5) is 0 Å². The van der Waals surface area contributed by atoms with Crippen LogP contribution in [0.2, 0.25) is 0 Å². The predicted molar refractivity (Wildman–Crippen MR) is 52.9 cm³/mol. The molecule has 0 amide bonds. The SMILES string of the molecule is COCc1ccc(CC(=O)OC)cc1. The van der Waals surface area contributed by atoms with Crippen molar-refractivity contribution in [1.82, 2.24) is 0 Å².